The van der Waals surface area contributed by atoms with Crippen molar-refractivity contribution >= 4 is 5.91 Å². The zero-order chi connectivity index (χ0) is 23.0. The van der Waals surface area contributed by atoms with Gasteiger partial charge in [-0.1, -0.05) is 38.1 Å². The molecule has 4 rings (SSSR count). The number of carbonyl (C=O) groups excluding carboxylic acids is 1. The quantitative estimate of drug-likeness (QED) is 0.656. The van der Waals surface area contributed by atoms with Crippen LogP contribution in [0.25, 0.3) is 22.3 Å². The Labute approximate surface area is 177 Å². The normalized spacial score (nSPS) is 16.7. The molecule has 6 nitrogen and oxygen atoms in total. The highest BCUT2D eigenvalue weighted by Crippen LogP contribution is 2.58. The predicted octanol–water partition coefficient (Wildman–Crippen LogP) is 3.76. The van der Waals surface area contributed by atoms with E-state index in [1.54, 1.807) is 19.3 Å². The summed E-state index contributed by atoms with van der Waals surface area (Å²) >= 11 is 0. The summed E-state index contributed by atoms with van der Waals surface area (Å²) in [5, 5.41) is 15.0. The van der Waals surface area contributed by atoms with Crippen molar-refractivity contribution in [3.05, 3.63) is 59.9 Å². The van der Waals surface area contributed by atoms with Crippen LogP contribution >= 0.6 is 0 Å². The number of hydrogen-bond acceptors (Lipinski definition) is 4. The van der Waals surface area contributed by atoms with E-state index in [0.717, 1.165) is 6.07 Å². The molecular weight excluding hydrogens is 411 g/mol. The van der Waals surface area contributed by atoms with Crippen LogP contribution in [0.15, 0.2) is 48.8 Å². The number of nitrogens with two attached hydrogens (primary N) is 1. The maximum atomic E-state index is 14.1. The van der Waals surface area contributed by atoms with Gasteiger partial charge in [0.15, 0.2) is 6.61 Å². The van der Waals surface area contributed by atoms with Gasteiger partial charge in [-0.15, -0.1) is 0 Å². The van der Waals surface area contributed by atoms with E-state index in [4.69, 9.17) is 10.5 Å². The topological polar surface area (TPSA) is 90.4 Å². The highest BCUT2D eigenvalue weighted by atomic mass is 19.4. The van der Waals surface area contributed by atoms with Crippen molar-refractivity contribution < 1.29 is 27.8 Å². The molecule has 0 fully saturated rings. The number of carbonyl (C=O) groups is 1. The largest absolute Gasteiger partial charge is 0.484 e. The highest BCUT2D eigenvalue weighted by Gasteiger charge is 2.61. The zero-order valence-electron chi connectivity index (χ0n) is 17.2. The Morgan fingerprint density at radius 2 is 1.87 bits per heavy atom. The van der Waals surface area contributed by atoms with Crippen molar-refractivity contribution in [2.45, 2.75) is 25.6 Å². The average molecular weight is 433 g/mol. The molecule has 0 aliphatic heterocycles. The molecule has 1 unspecified atom stereocenters. The van der Waals surface area contributed by atoms with Gasteiger partial charge in [0.05, 0.1) is 6.20 Å². The molecule has 164 valence electrons. The van der Waals surface area contributed by atoms with Crippen molar-refractivity contribution in [2.75, 3.05) is 6.61 Å². The molecule has 3 N–H and O–H groups in total. The monoisotopic (exact) mass is 433 g/mol. The van der Waals surface area contributed by atoms with Crippen LogP contribution in [0.2, 0.25) is 0 Å². The summed E-state index contributed by atoms with van der Waals surface area (Å²) in [4.78, 5) is 11.1. The number of amides is 1. The fourth-order valence-electron chi connectivity index (χ4n) is 3.68. The molecule has 1 aliphatic carbocycles. The third kappa shape index (κ3) is 3.65. The van der Waals surface area contributed by atoms with Gasteiger partial charge in [-0.3, -0.25) is 9.48 Å². The second-order valence-electron chi connectivity index (χ2n) is 6.80. The summed E-state index contributed by atoms with van der Waals surface area (Å²) in [6.45, 7) is 3.49. The summed E-state index contributed by atoms with van der Waals surface area (Å²) in [5.41, 5.74) is 2.67. The number of aryl methyl sites for hydroxylation is 1. The number of hydrogen-bond donors (Lipinski definition) is 2. The van der Waals surface area contributed by atoms with Crippen molar-refractivity contribution in [2.24, 2.45) is 12.8 Å². The molecular formula is C22H22F3N3O3. The van der Waals surface area contributed by atoms with Crippen LogP contribution in [0.1, 0.15) is 25.0 Å². The standard InChI is InChI=1S/C20H16F3N3O3.C2H6/c1-26-9-11(8-25-26)14-6-12(29-10-17(24)27)7-16-18(14)13-4-2-3-5-15(13)19(16,28)20(21,22)23;1-2/h2-9,28H,10H2,1H3,(H2,24,27);1-2H3. The number of ether oxygens (including phenoxy) is 1. The number of aromatic nitrogens is 2. The summed E-state index contributed by atoms with van der Waals surface area (Å²) in [5.74, 6) is -0.792. The molecule has 3 aromatic rings. The second-order valence-corrected chi connectivity index (χ2v) is 6.80. The first-order valence-corrected chi connectivity index (χ1v) is 9.60. The minimum Gasteiger partial charge on any atom is -0.484 e. The molecule has 1 heterocycles. The van der Waals surface area contributed by atoms with Crippen LogP contribution in [-0.2, 0) is 17.4 Å². The summed E-state index contributed by atoms with van der Waals surface area (Å²) < 4.78 is 49.1. The number of benzene rings is 2. The van der Waals surface area contributed by atoms with Crippen LogP contribution < -0.4 is 10.5 Å². The zero-order valence-corrected chi connectivity index (χ0v) is 17.2. The third-order valence-electron chi connectivity index (χ3n) is 4.90. The summed E-state index contributed by atoms with van der Waals surface area (Å²) in [6, 6.07) is 8.44. The smallest absolute Gasteiger partial charge is 0.425 e. The van der Waals surface area contributed by atoms with Crippen molar-refractivity contribution in [3.63, 3.8) is 0 Å². The first kappa shape index (κ1) is 22.4. The minimum atomic E-state index is -4.98. The SMILES string of the molecule is CC.Cn1cc(-c2cc(OCC(N)=O)cc3c2-c2ccccc2C3(O)C(F)(F)F)cn1. The molecule has 1 amide bonds. The molecule has 0 saturated heterocycles. The number of primary amides is 1. The molecule has 1 aliphatic rings. The Hall–Kier alpha value is -3.33. The third-order valence-corrected chi connectivity index (χ3v) is 4.90. The van der Waals surface area contributed by atoms with Gasteiger partial charge in [0.1, 0.15) is 5.75 Å². The molecule has 0 radical (unpaired) electrons. The van der Waals surface area contributed by atoms with Gasteiger partial charge in [-0.2, -0.15) is 18.3 Å². The predicted molar refractivity (Wildman–Crippen MR) is 109 cm³/mol. The van der Waals surface area contributed by atoms with Gasteiger partial charge in [0, 0.05) is 29.9 Å². The van der Waals surface area contributed by atoms with Crippen LogP contribution in [0.4, 0.5) is 13.2 Å². The minimum absolute atomic E-state index is 0.0168. The fraction of sp³-hybridized carbons (Fsp3) is 0.273. The van der Waals surface area contributed by atoms with Crippen LogP contribution in [0, 0.1) is 0 Å². The molecule has 9 heteroatoms. The van der Waals surface area contributed by atoms with Gasteiger partial charge in [0.25, 0.3) is 5.91 Å². The van der Waals surface area contributed by atoms with Gasteiger partial charge in [-0.05, 0) is 28.8 Å². The Bertz CT molecular complexity index is 1120. The number of rotatable bonds is 4. The number of fused-ring (bicyclic) bond motifs is 3. The fourth-order valence-corrected chi connectivity index (χ4v) is 3.68. The van der Waals surface area contributed by atoms with Gasteiger partial charge >= 0.3 is 6.18 Å². The number of aliphatic hydroxyl groups is 1. The van der Waals surface area contributed by atoms with Crippen LogP contribution in [0.5, 0.6) is 5.75 Å². The van der Waals surface area contributed by atoms with E-state index in [-0.39, 0.29) is 28.0 Å². The van der Waals surface area contributed by atoms with E-state index in [0.29, 0.717) is 11.1 Å². The average Bonchev–Trinajstić information content (AvgIpc) is 3.28. The van der Waals surface area contributed by atoms with E-state index < -0.39 is 24.3 Å². The van der Waals surface area contributed by atoms with E-state index in [1.807, 2.05) is 13.8 Å². The lowest BCUT2D eigenvalue weighted by molar-refractivity contribution is -0.246. The number of halogens is 3. The molecule has 0 bridgehead atoms. The highest BCUT2D eigenvalue weighted by molar-refractivity contribution is 5.93. The first-order chi connectivity index (χ1) is 14.6. The molecule has 31 heavy (non-hydrogen) atoms. The van der Waals surface area contributed by atoms with E-state index in [1.165, 1.54) is 35.1 Å². The van der Waals surface area contributed by atoms with E-state index >= 15 is 0 Å². The lowest BCUT2D eigenvalue weighted by Gasteiger charge is -2.28. The summed E-state index contributed by atoms with van der Waals surface area (Å²) in [6.07, 6.45) is -1.84. The number of alkyl halides is 3. The first-order valence-electron chi connectivity index (χ1n) is 9.60. The Morgan fingerprint density at radius 3 is 2.45 bits per heavy atom. The maximum absolute atomic E-state index is 14.1. The number of nitrogens with zero attached hydrogens (tertiary/aromatic N) is 2. The van der Waals surface area contributed by atoms with Crippen molar-refractivity contribution in [3.8, 4) is 28.0 Å². The Kier molecular flexibility index (Phi) is 5.82. The van der Waals surface area contributed by atoms with E-state index in [2.05, 4.69) is 5.10 Å². The summed E-state index contributed by atoms with van der Waals surface area (Å²) in [7, 11) is 1.68. The lowest BCUT2D eigenvalue weighted by atomic mass is 9.89. The van der Waals surface area contributed by atoms with E-state index in [9.17, 15) is 23.1 Å². The van der Waals surface area contributed by atoms with Crippen molar-refractivity contribution in [1.82, 2.24) is 9.78 Å². The van der Waals surface area contributed by atoms with Gasteiger partial charge in [-0.25, -0.2) is 0 Å². The molecule has 0 saturated carbocycles. The molecule has 2 aromatic carbocycles. The van der Waals surface area contributed by atoms with Crippen molar-refractivity contribution in [1.29, 1.82) is 0 Å². The van der Waals surface area contributed by atoms with Gasteiger partial charge < -0.3 is 15.6 Å². The van der Waals surface area contributed by atoms with Gasteiger partial charge in [0.2, 0.25) is 5.60 Å². The molecule has 1 aromatic heterocycles. The molecule has 0 spiro atoms. The van der Waals surface area contributed by atoms with Crippen LogP contribution in [0.3, 0.4) is 0 Å². The molecule has 1 atom stereocenters. The van der Waals surface area contributed by atoms with Crippen LogP contribution in [-0.4, -0.2) is 33.6 Å². The maximum Gasteiger partial charge on any atom is 0.425 e. The Morgan fingerprint density at radius 1 is 1.19 bits per heavy atom. The Balaban J connectivity index is 0.00000132. The lowest BCUT2D eigenvalue weighted by Crippen LogP contribution is -2.41. The second kappa shape index (κ2) is 8.07.